The van der Waals surface area contributed by atoms with Crippen molar-refractivity contribution in [2.75, 3.05) is 10.6 Å². The van der Waals surface area contributed by atoms with Crippen LogP contribution in [0.3, 0.4) is 0 Å². The largest absolute Gasteiger partial charge is 0.327 e. The monoisotopic (exact) mass is 323 g/mol. The van der Waals surface area contributed by atoms with Crippen LogP contribution in [-0.4, -0.2) is 17.9 Å². The second-order valence-electron chi connectivity index (χ2n) is 6.18. The first kappa shape index (κ1) is 16.8. The number of nitrogens with one attached hydrogen (secondary N) is 2. The Balaban J connectivity index is 0.00000176. The molecule has 120 valence electrons. The number of carbonyl (C=O) groups excluding carboxylic acids is 2. The van der Waals surface area contributed by atoms with E-state index in [2.05, 4.69) is 10.6 Å². The summed E-state index contributed by atoms with van der Waals surface area (Å²) in [7, 11) is 0. The maximum absolute atomic E-state index is 12.4. The maximum atomic E-state index is 12.4. The molecule has 6 heteroatoms. The van der Waals surface area contributed by atoms with Crippen molar-refractivity contribution < 1.29 is 9.59 Å². The molecule has 2 fully saturated rings. The first-order valence-corrected chi connectivity index (χ1v) is 7.48. The van der Waals surface area contributed by atoms with Gasteiger partial charge in [0.15, 0.2) is 0 Å². The number of rotatable bonds is 3. The molecule has 0 aliphatic heterocycles. The number of carbonyl (C=O) groups is 2. The van der Waals surface area contributed by atoms with Crippen LogP contribution in [0.15, 0.2) is 24.3 Å². The molecule has 2 saturated carbocycles. The van der Waals surface area contributed by atoms with Gasteiger partial charge in [-0.15, -0.1) is 12.4 Å². The summed E-state index contributed by atoms with van der Waals surface area (Å²) in [6.07, 6.45) is 3.39. The molecule has 2 aliphatic carbocycles. The van der Waals surface area contributed by atoms with E-state index in [9.17, 15) is 9.59 Å². The van der Waals surface area contributed by atoms with Crippen LogP contribution in [-0.2, 0) is 9.59 Å². The normalized spacial score (nSPS) is 28.8. The molecular formula is C16H22ClN3O2. The molecule has 0 spiro atoms. The molecule has 2 amide bonds. The average molecular weight is 324 g/mol. The highest BCUT2D eigenvalue weighted by molar-refractivity contribution is 5.94. The lowest BCUT2D eigenvalue weighted by Crippen LogP contribution is -2.42. The van der Waals surface area contributed by atoms with Gasteiger partial charge < -0.3 is 16.4 Å². The Labute approximate surface area is 136 Å². The number of nitrogens with two attached hydrogens (primary N) is 1. The van der Waals surface area contributed by atoms with Crippen molar-refractivity contribution in [1.82, 2.24) is 0 Å². The highest BCUT2D eigenvalue weighted by Crippen LogP contribution is 2.47. The molecule has 0 saturated heterocycles. The molecule has 4 atom stereocenters. The van der Waals surface area contributed by atoms with E-state index >= 15 is 0 Å². The number of fused-ring (bicyclic) bond motifs is 2. The smallest absolute Gasteiger partial charge is 0.229 e. The van der Waals surface area contributed by atoms with Gasteiger partial charge in [-0.05, 0) is 55.4 Å². The number of amides is 2. The number of halogens is 1. The topological polar surface area (TPSA) is 84.2 Å². The molecule has 2 bridgehead atoms. The number of benzene rings is 1. The van der Waals surface area contributed by atoms with Crippen molar-refractivity contribution in [2.24, 2.45) is 23.5 Å². The van der Waals surface area contributed by atoms with Crippen LogP contribution in [0.1, 0.15) is 26.2 Å². The van der Waals surface area contributed by atoms with Crippen LogP contribution in [0.5, 0.6) is 0 Å². The van der Waals surface area contributed by atoms with Crippen LogP contribution in [0, 0.1) is 17.8 Å². The van der Waals surface area contributed by atoms with Gasteiger partial charge in [-0.1, -0.05) is 0 Å². The SMILES string of the molecule is CC(=O)Nc1ccc(NC(=O)C2C3CCC(C3)C2N)cc1.Cl. The van der Waals surface area contributed by atoms with E-state index in [1.165, 1.54) is 13.3 Å². The van der Waals surface area contributed by atoms with Crippen LogP contribution in [0.4, 0.5) is 11.4 Å². The lowest BCUT2D eigenvalue weighted by molar-refractivity contribution is -0.121. The molecular weight excluding hydrogens is 302 g/mol. The van der Waals surface area contributed by atoms with Gasteiger partial charge in [0.05, 0.1) is 5.92 Å². The zero-order valence-electron chi connectivity index (χ0n) is 12.5. The van der Waals surface area contributed by atoms with E-state index in [4.69, 9.17) is 5.73 Å². The zero-order chi connectivity index (χ0) is 15.0. The molecule has 5 nitrogen and oxygen atoms in total. The third-order valence-electron chi connectivity index (χ3n) is 4.76. The van der Waals surface area contributed by atoms with Gasteiger partial charge in [-0.25, -0.2) is 0 Å². The van der Waals surface area contributed by atoms with Crippen molar-refractivity contribution in [2.45, 2.75) is 32.2 Å². The molecule has 3 rings (SSSR count). The van der Waals surface area contributed by atoms with E-state index < -0.39 is 0 Å². The molecule has 1 aromatic carbocycles. The molecule has 0 radical (unpaired) electrons. The van der Waals surface area contributed by atoms with Crippen LogP contribution >= 0.6 is 12.4 Å². The second-order valence-corrected chi connectivity index (χ2v) is 6.18. The fourth-order valence-corrected chi connectivity index (χ4v) is 3.79. The lowest BCUT2D eigenvalue weighted by atomic mass is 9.84. The Morgan fingerprint density at radius 2 is 1.59 bits per heavy atom. The fourth-order valence-electron chi connectivity index (χ4n) is 3.79. The summed E-state index contributed by atoms with van der Waals surface area (Å²) in [6.45, 7) is 1.46. The summed E-state index contributed by atoms with van der Waals surface area (Å²) in [5, 5.41) is 5.65. The van der Waals surface area contributed by atoms with Crippen LogP contribution < -0.4 is 16.4 Å². The summed E-state index contributed by atoms with van der Waals surface area (Å²) < 4.78 is 0. The Kier molecular flexibility index (Phi) is 5.08. The molecule has 4 unspecified atom stereocenters. The van der Waals surface area contributed by atoms with Crippen molar-refractivity contribution in [1.29, 1.82) is 0 Å². The Hall–Kier alpha value is -1.59. The molecule has 1 aromatic rings. The number of anilines is 2. The third-order valence-corrected chi connectivity index (χ3v) is 4.76. The summed E-state index contributed by atoms with van der Waals surface area (Å²) in [5.74, 6) is 0.831. The highest BCUT2D eigenvalue weighted by atomic mass is 35.5. The molecule has 22 heavy (non-hydrogen) atoms. The first-order valence-electron chi connectivity index (χ1n) is 7.48. The van der Waals surface area contributed by atoms with E-state index in [0.717, 1.165) is 24.2 Å². The summed E-state index contributed by atoms with van der Waals surface area (Å²) in [5.41, 5.74) is 7.65. The van der Waals surface area contributed by atoms with E-state index in [1.807, 2.05) is 0 Å². The minimum atomic E-state index is -0.111. The van der Waals surface area contributed by atoms with Gasteiger partial charge in [0.2, 0.25) is 11.8 Å². The van der Waals surface area contributed by atoms with Crippen molar-refractivity contribution in [3.8, 4) is 0 Å². The summed E-state index contributed by atoms with van der Waals surface area (Å²) in [6, 6.07) is 7.14. The van der Waals surface area contributed by atoms with Crippen LogP contribution in [0.2, 0.25) is 0 Å². The van der Waals surface area contributed by atoms with Crippen molar-refractivity contribution >= 4 is 35.6 Å². The Morgan fingerprint density at radius 1 is 1.05 bits per heavy atom. The lowest BCUT2D eigenvalue weighted by Gasteiger charge is -2.27. The third kappa shape index (κ3) is 3.25. The predicted molar refractivity (Wildman–Crippen MR) is 88.9 cm³/mol. The van der Waals surface area contributed by atoms with Crippen molar-refractivity contribution in [3.63, 3.8) is 0 Å². The zero-order valence-corrected chi connectivity index (χ0v) is 13.4. The van der Waals surface area contributed by atoms with Gasteiger partial charge in [0, 0.05) is 24.3 Å². The predicted octanol–water partition coefficient (Wildman–Crippen LogP) is 2.38. The Bertz CT molecular complexity index is 559. The minimum absolute atomic E-state index is 0. The van der Waals surface area contributed by atoms with Gasteiger partial charge >= 0.3 is 0 Å². The highest BCUT2D eigenvalue weighted by Gasteiger charge is 2.49. The molecule has 0 aromatic heterocycles. The molecule has 2 aliphatic rings. The average Bonchev–Trinajstić information content (AvgIpc) is 3.01. The summed E-state index contributed by atoms with van der Waals surface area (Å²) >= 11 is 0. The van der Waals surface area contributed by atoms with Crippen molar-refractivity contribution in [3.05, 3.63) is 24.3 Å². The fraction of sp³-hybridized carbons (Fsp3) is 0.500. The van der Waals surface area contributed by atoms with Gasteiger partial charge in [0.1, 0.15) is 0 Å². The van der Waals surface area contributed by atoms with Gasteiger partial charge in [-0.2, -0.15) is 0 Å². The van der Waals surface area contributed by atoms with Gasteiger partial charge in [0.25, 0.3) is 0 Å². The summed E-state index contributed by atoms with van der Waals surface area (Å²) in [4.78, 5) is 23.4. The van der Waals surface area contributed by atoms with E-state index in [1.54, 1.807) is 24.3 Å². The van der Waals surface area contributed by atoms with E-state index in [-0.39, 0.29) is 36.2 Å². The van der Waals surface area contributed by atoms with E-state index in [0.29, 0.717) is 11.8 Å². The quantitative estimate of drug-likeness (QED) is 0.798. The number of hydrogen-bond acceptors (Lipinski definition) is 3. The van der Waals surface area contributed by atoms with Gasteiger partial charge in [-0.3, -0.25) is 9.59 Å². The first-order chi connectivity index (χ1) is 10.0. The maximum Gasteiger partial charge on any atom is 0.229 e. The second kappa shape index (κ2) is 6.67. The standard InChI is InChI=1S/C16H21N3O2.ClH/c1-9(20)18-12-4-6-13(7-5-12)19-16(21)14-10-2-3-11(8-10)15(14)17;/h4-7,10-11,14-15H,2-3,8,17H2,1H3,(H,18,20)(H,19,21);1H. The van der Waals surface area contributed by atoms with Crippen LogP contribution in [0.25, 0.3) is 0 Å². The Morgan fingerprint density at radius 3 is 2.09 bits per heavy atom. The number of hydrogen-bond donors (Lipinski definition) is 3. The molecule has 0 heterocycles. The minimum Gasteiger partial charge on any atom is -0.327 e. The molecule has 4 N–H and O–H groups in total.